The molecule has 1 N–H and O–H groups in total. The Morgan fingerprint density at radius 1 is 1.16 bits per heavy atom. The van der Waals surface area contributed by atoms with Crippen LogP contribution in [0.15, 0.2) is 18.2 Å². The molecule has 1 aromatic carbocycles. The van der Waals surface area contributed by atoms with Crippen molar-refractivity contribution in [2.24, 2.45) is 0 Å². The molecule has 0 aliphatic carbocycles. The van der Waals surface area contributed by atoms with Crippen molar-refractivity contribution in [2.45, 2.75) is 58.0 Å². The lowest BCUT2D eigenvalue weighted by molar-refractivity contribution is 0.0679. The summed E-state index contributed by atoms with van der Waals surface area (Å²) in [4.78, 5) is 15.2. The molecule has 138 valence electrons. The van der Waals surface area contributed by atoms with E-state index in [1.165, 1.54) is 0 Å². The van der Waals surface area contributed by atoms with Crippen LogP contribution < -0.4 is 14.8 Å². The van der Waals surface area contributed by atoms with Crippen molar-refractivity contribution in [3.05, 3.63) is 23.8 Å². The molecule has 2 aliphatic rings. The molecular formula is C20H30N2O3. The molecule has 0 radical (unpaired) electrons. The van der Waals surface area contributed by atoms with E-state index in [4.69, 9.17) is 9.47 Å². The summed E-state index contributed by atoms with van der Waals surface area (Å²) in [6, 6.07) is 6.29. The molecule has 2 bridgehead atoms. The number of unbranched alkanes of at least 4 members (excludes halogenated alkanes) is 1. The lowest BCUT2D eigenvalue weighted by Crippen LogP contribution is -2.42. The van der Waals surface area contributed by atoms with Crippen LogP contribution in [0.1, 0.15) is 56.3 Å². The minimum absolute atomic E-state index is 0.122. The molecule has 2 heterocycles. The molecule has 2 fully saturated rings. The quantitative estimate of drug-likeness (QED) is 0.770. The van der Waals surface area contributed by atoms with Crippen LogP contribution in [0.3, 0.4) is 0 Å². The number of nitrogens with one attached hydrogen (secondary N) is 1. The van der Waals surface area contributed by atoms with Gasteiger partial charge in [-0.25, -0.2) is 0 Å². The first kappa shape index (κ1) is 18.1. The molecule has 5 heteroatoms. The Kier molecular flexibility index (Phi) is 6.19. The highest BCUT2D eigenvalue weighted by Crippen LogP contribution is 2.33. The summed E-state index contributed by atoms with van der Waals surface area (Å²) in [5, 5.41) is 3.45. The van der Waals surface area contributed by atoms with Gasteiger partial charge in [-0.3, -0.25) is 4.79 Å². The molecule has 1 aromatic rings. The van der Waals surface area contributed by atoms with Gasteiger partial charge in [0.25, 0.3) is 5.91 Å². The second-order valence-electron chi connectivity index (χ2n) is 6.89. The fourth-order valence-corrected chi connectivity index (χ4v) is 3.82. The molecule has 2 saturated heterocycles. The van der Waals surface area contributed by atoms with Crippen LogP contribution in [0, 0.1) is 0 Å². The van der Waals surface area contributed by atoms with Crippen molar-refractivity contribution >= 4 is 5.91 Å². The molecular weight excluding hydrogens is 316 g/mol. The highest BCUT2D eigenvalue weighted by molar-refractivity contribution is 5.95. The van der Waals surface area contributed by atoms with E-state index in [1.807, 2.05) is 25.1 Å². The zero-order valence-electron chi connectivity index (χ0n) is 15.4. The molecule has 2 unspecified atom stereocenters. The largest absolute Gasteiger partial charge is 0.490 e. The molecule has 2 atom stereocenters. The van der Waals surface area contributed by atoms with E-state index in [-0.39, 0.29) is 5.91 Å². The maximum Gasteiger partial charge on any atom is 0.254 e. The van der Waals surface area contributed by atoms with Crippen LogP contribution in [0.4, 0.5) is 0 Å². The number of nitrogens with zero attached hydrogens (tertiary/aromatic N) is 1. The van der Waals surface area contributed by atoms with E-state index in [1.54, 1.807) is 0 Å². The molecule has 2 aliphatic heterocycles. The lowest BCUT2D eigenvalue weighted by atomic mass is 10.1. The van der Waals surface area contributed by atoms with E-state index in [9.17, 15) is 4.79 Å². The van der Waals surface area contributed by atoms with Gasteiger partial charge in [-0.1, -0.05) is 13.3 Å². The Morgan fingerprint density at radius 2 is 2.00 bits per heavy atom. The average molecular weight is 346 g/mol. The summed E-state index contributed by atoms with van der Waals surface area (Å²) in [6.07, 6.45) is 5.36. The van der Waals surface area contributed by atoms with Crippen LogP contribution in [0.5, 0.6) is 11.5 Å². The first-order chi connectivity index (χ1) is 12.2. The third-order valence-electron chi connectivity index (χ3n) is 5.13. The number of amides is 1. The van der Waals surface area contributed by atoms with Crippen molar-refractivity contribution in [3.63, 3.8) is 0 Å². The zero-order valence-corrected chi connectivity index (χ0v) is 15.4. The van der Waals surface area contributed by atoms with Gasteiger partial charge in [-0.05, 0) is 57.4 Å². The maximum absolute atomic E-state index is 13.1. The fourth-order valence-electron chi connectivity index (χ4n) is 3.82. The first-order valence-electron chi connectivity index (χ1n) is 9.67. The van der Waals surface area contributed by atoms with Crippen molar-refractivity contribution in [1.82, 2.24) is 10.2 Å². The van der Waals surface area contributed by atoms with Crippen LogP contribution in [-0.4, -0.2) is 49.2 Å². The normalized spacial score (nSPS) is 22.6. The molecule has 1 amide bonds. The summed E-state index contributed by atoms with van der Waals surface area (Å²) in [6.45, 7) is 7.22. The molecule has 0 saturated carbocycles. The van der Waals surface area contributed by atoms with Crippen LogP contribution in [0.2, 0.25) is 0 Å². The number of carbonyl (C=O) groups excluding carboxylic acids is 1. The van der Waals surface area contributed by atoms with Crippen molar-refractivity contribution < 1.29 is 14.3 Å². The Balaban J connectivity index is 1.79. The number of hydrogen-bond acceptors (Lipinski definition) is 4. The highest BCUT2D eigenvalue weighted by Gasteiger charge is 2.38. The number of rotatable bonds is 7. The summed E-state index contributed by atoms with van der Waals surface area (Å²) < 4.78 is 11.6. The highest BCUT2D eigenvalue weighted by atomic mass is 16.5. The van der Waals surface area contributed by atoms with Crippen molar-refractivity contribution in [1.29, 1.82) is 0 Å². The minimum Gasteiger partial charge on any atom is -0.490 e. The minimum atomic E-state index is 0.122. The van der Waals surface area contributed by atoms with Crippen molar-refractivity contribution in [3.8, 4) is 11.5 Å². The van der Waals surface area contributed by atoms with Gasteiger partial charge in [0.2, 0.25) is 0 Å². The molecule has 5 nitrogen and oxygen atoms in total. The van der Waals surface area contributed by atoms with E-state index < -0.39 is 0 Å². The van der Waals surface area contributed by atoms with Crippen LogP contribution >= 0.6 is 0 Å². The number of hydrogen-bond donors (Lipinski definition) is 1. The third kappa shape index (κ3) is 4.09. The Hall–Kier alpha value is -1.75. The Bertz CT molecular complexity index is 576. The second-order valence-corrected chi connectivity index (χ2v) is 6.89. The fraction of sp³-hybridized carbons (Fsp3) is 0.650. The van der Waals surface area contributed by atoms with Gasteiger partial charge in [-0.15, -0.1) is 0 Å². The van der Waals surface area contributed by atoms with Gasteiger partial charge in [0, 0.05) is 24.2 Å². The van der Waals surface area contributed by atoms with E-state index in [2.05, 4.69) is 17.1 Å². The van der Waals surface area contributed by atoms with Gasteiger partial charge >= 0.3 is 0 Å². The molecule has 25 heavy (non-hydrogen) atoms. The smallest absolute Gasteiger partial charge is 0.254 e. The predicted molar refractivity (Wildman–Crippen MR) is 98.5 cm³/mol. The Morgan fingerprint density at radius 3 is 2.80 bits per heavy atom. The van der Waals surface area contributed by atoms with Gasteiger partial charge in [0.05, 0.1) is 13.2 Å². The van der Waals surface area contributed by atoms with Gasteiger partial charge in [0.1, 0.15) is 0 Å². The third-order valence-corrected chi connectivity index (χ3v) is 5.13. The predicted octanol–water partition coefficient (Wildman–Crippen LogP) is 3.23. The van der Waals surface area contributed by atoms with Gasteiger partial charge in [0.15, 0.2) is 11.5 Å². The SMILES string of the molecule is CCCCOc1ccc(C(=O)N2C3CCNCC2CC3)cc1OCC. The van der Waals surface area contributed by atoms with Crippen LogP contribution in [0.25, 0.3) is 0 Å². The van der Waals surface area contributed by atoms with Gasteiger partial charge in [-0.2, -0.15) is 0 Å². The molecule has 0 aromatic heterocycles. The topological polar surface area (TPSA) is 50.8 Å². The van der Waals surface area contributed by atoms with E-state index >= 15 is 0 Å². The average Bonchev–Trinajstić information content (AvgIpc) is 2.88. The summed E-state index contributed by atoms with van der Waals surface area (Å²) in [5.74, 6) is 1.52. The number of carbonyl (C=O) groups is 1. The van der Waals surface area contributed by atoms with Crippen LogP contribution in [-0.2, 0) is 0 Å². The number of benzene rings is 1. The zero-order chi connectivity index (χ0) is 17.6. The Labute approximate surface area is 150 Å². The lowest BCUT2D eigenvalue weighted by Gasteiger charge is -2.28. The maximum atomic E-state index is 13.1. The second kappa shape index (κ2) is 8.56. The monoisotopic (exact) mass is 346 g/mol. The van der Waals surface area contributed by atoms with Gasteiger partial charge < -0.3 is 19.7 Å². The number of fused-ring (bicyclic) bond motifs is 2. The van der Waals surface area contributed by atoms with E-state index in [0.29, 0.717) is 36.6 Å². The number of ether oxygens (including phenoxy) is 2. The molecule has 0 spiro atoms. The first-order valence-corrected chi connectivity index (χ1v) is 9.67. The van der Waals surface area contributed by atoms with Crippen molar-refractivity contribution in [2.75, 3.05) is 26.3 Å². The molecule has 3 rings (SSSR count). The van der Waals surface area contributed by atoms with E-state index in [0.717, 1.165) is 50.9 Å². The summed E-state index contributed by atoms with van der Waals surface area (Å²) in [7, 11) is 0. The summed E-state index contributed by atoms with van der Waals surface area (Å²) in [5.41, 5.74) is 0.699. The summed E-state index contributed by atoms with van der Waals surface area (Å²) >= 11 is 0. The standard InChI is InChI=1S/C20H30N2O3/c1-3-5-12-25-18-9-6-15(13-19(18)24-4-2)20(23)22-16-7-8-17(22)14-21-11-10-16/h6,9,13,16-17,21H,3-5,7-8,10-12,14H2,1-2H3.